The van der Waals surface area contributed by atoms with Crippen molar-refractivity contribution in [1.82, 2.24) is 0 Å². The first-order valence-corrected chi connectivity index (χ1v) is 9.17. The fourth-order valence-electron chi connectivity index (χ4n) is 4.21. The molecule has 1 heterocycles. The highest BCUT2D eigenvalue weighted by atomic mass is 15.2. The molecule has 22 heavy (non-hydrogen) atoms. The zero-order chi connectivity index (χ0) is 16.4. The first-order chi connectivity index (χ1) is 10.3. The zero-order valence-electron chi connectivity index (χ0n) is 15.6. The van der Waals surface area contributed by atoms with Crippen LogP contribution in [0.5, 0.6) is 0 Å². The molecule has 1 fully saturated rings. The van der Waals surface area contributed by atoms with Gasteiger partial charge in [-0.3, -0.25) is 0 Å². The maximum Gasteiger partial charge on any atom is 0.0396 e. The maximum atomic E-state index is 2.65. The van der Waals surface area contributed by atoms with E-state index in [-0.39, 0.29) is 5.41 Å². The number of hydrogen-bond donors (Lipinski definition) is 0. The second-order valence-electron chi connectivity index (χ2n) is 8.42. The number of anilines is 1. The van der Waals surface area contributed by atoms with Crippen LogP contribution in [0.1, 0.15) is 77.8 Å². The number of hydrogen-bond acceptors (Lipinski definition) is 1. The van der Waals surface area contributed by atoms with Crippen LogP contribution in [0.2, 0.25) is 0 Å². The fraction of sp³-hybridized carbons (Fsp3) is 0.714. The Morgan fingerprint density at radius 1 is 1.09 bits per heavy atom. The summed E-state index contributed by atoms with van der Waals surface area (Å²) in [5, 5.41) is 0. The molecule has 0 N–H and O–H groups in total. The molecule has 0 radical (unpaired) electrons. The number of benzene rings is 1. The molecule has 2 rings (SSSR count). The van der Waals surface area contributed by atoms with E-state index in [9.17, 15) is 0 Å². The monoisotopic (exact) mass is 301 g/mol. The minimum Gasteiger partial charge on any atom is -0.371 e. The third-order valence-corrected chi connectivity index (χ3v) is 5.40. The van der Waals surface area contributed by atoms with E-state index in [4.69, 9.17) is 0 Å². The highest BCUT2D eigenvalue weighted by Gasteiger charge is 2.36. The topological polar surface area (TPSA) is 3.24 Å². The highest BCUT2D eigenvalue weighted by Crippen LogP contribution is 2.42. The van der Waals surface area contributed by atoms with Crippen molar-refractivity contribution in [3.63, 3.8) is 0 Å². The van der Waals surface area contributed by atoms with Crippen LogP contribution in [-0.4, -0.2) is 13.1 Å². The van der Waals surface area contributed by atoms with Gasteiger partial charge in [0, 0.05) is 18.8 Å². The molecule has 0 amide bonds. The molecule has 124 valence electrons. The van der Waals surface area contributed by atoms with E-state index in [0.717, 1.165) is 0 Å². The van der Waals surface area contributed by atoms with Crippen molar-refractivity contribution < 1.29 is 0 Å². The smallest absolute Gasteiger partial charge is 0.0396 e. The van der Waals surface area contributed by atoms with Crippen molar-refractivity contribution in [2.45, 2.75) is 79.1 Å². The van der Waals surface area contributed by atoms with Gasteiger partial charge in [-0.2, -0.15) is 0 Å². The molecule has 0 atom stereocenters. The Morgan fingerprint density at radius 3 is 2.23 bits per heavy atom. The van der Waals surface area contributed by atoms with E-state index in [1.54, 1.807) is 0 Å². The van der Waals surface area contributed by atoms with Gasteiger partial charge in [-0.25, -0.2) is 0 Å². The molecule has 1 nitrogen and oxygen atoms in total. The summed E-state index contributed by atoms with van der Waals surface area (Å²) in [5.74, 6) is 0. The highest BCUT2D eigenvalue weighted by molar-refractivity contribution is 5.56. The van der Waals surface area contributed by atoms with Gasteiger partial charge in [0.05, 0.1) is 0 Å². The van der Waals surface area contributed by atoms with E-state index in [1.165, 1.54) is 62.0 Å². The summed E-state index contributed by atoms with van der Waals surface area (Å²) in [6.45, 7) is 16.3. The van der Waals surface area contributed by atoms with Gasteiger partial charge >= 0.3 is 0 Å². The molecule has 0 aliphatic carbocycles. The molecule has 0 saturated carbocycles. The van der Waals surface area contributed by atoms with Crippen LogP contribution in [0.3, 0.4) is 0 Å². The lowest BCUT2D eigenvalue weighted by molar-refractivity contribution is 0.269. The molecule has 0 spiro atoms. The van der Waals surface area contributed by atoms with Crippen LogP contribution in [0, 0.1) is 12.3 Å². The van der Waals surface area contributed by atoms with Crippen LogP contribution < -0.4 is 4.90 Å². The standard InChI is InChI=1S/C21H35N/c1-7-11-21(12-8-2)13-14-22(16-21)19-10-9-18(15-17(19)3)20(4,5)6/h9-10,15H,7-8,11-14,16H2,1-6H3. The van der Waals surface area contributed by atoms with Crippen molar-refractivity contribution in [3.8, 4) is 0 Å². The lowest BCUT2D eigenvalue weighted by atomic mass is 9.78. The molecule has 1 heteroatoms. The molecule has 0 unspecified atom stereocenters. The van der Waals surface area contributed by atoms with Crippen molar-refractivity contribution in [2.24, 2.45) is 5.41 Å². The van der Waals surface area contributed by atoms with Gasteiger partial charge < -0.3 is 4.90 Å². The Balaban J connectivity index is 2.20. The van der Waals surface area contributed by atoms with E-state index in [0.29, 0.717) is 5.41 Å². The predicted molar refractivity (Wildman–Crippen MR) is 99.0 cm³/mol. The first-order valence-electron chi connectivity index (χ1n) is 9.17. The van der Waals surface area contributed by atoms with Crippen molar-refractivity contribution in [3.05, 3.63) is 29.3 Å². The summed E-state index contributed by atoms with van der Waals surface area (Å²) >= 11 is 0. The molecule has 1 aromatic carbocycles. The summed E-state index contributed by atoms with van der Waals surface area (Å²) in [4.78, 5) is 2.65. The average molecular weight is 302 g/mol. The first kappa shape index (κ1) is 17.4. The summed E-state index contributed by atoms with van der Waals surface area (Å²) < 4.78 is 0. The van der Waals surface area contributed by atoms with Gasteiger partial charge in [-0.15, -0.1) is 0 Å². The van der Waals surface area contributed by atoms with Crippen LogP contribution >= 0.6 is 0 Å². The molecule has 1 saturated heterocycles. The van der Waals surface area contributed by atoms with Gasteiger partial charge in [0.25, 0.3) is 0 Å². The largest absolute Gasteiger partial charge is 0.371 e. The Labute approximate surface area is 138 Å². The van der Waals surface area contributed by atoms with Gasteiger partial charge in [-0.05, 0) is 54.2 Å². The third kappa shape index (κ3) is 3.67. The van der Waals surface area contributed by atoms with Crippen LogP contribution in [0.4, 0.5) is 5.69 Å². The molecule has 1 aliphatic rings. The third-order valence-electron chi connectivity index (χ3n) is 5.40. The summed E-state index contributed by atoms with van der Waals surface area (Å²) in [5.41, 5.74) is 5.15. The molecule has 1 aromatic rings. The van der Waals surface area contributed by atoms with Gasteiger partial charge in [-0.1, -0.05) is 59.6 Å². The van der Waals surface area contributed by atoms with E-state index in [1.807, 2.05) is 0 Å². The molecule has 0 bridgehead atoms. The summed E-state index contributed by atoms with van der Waals surface area (Å²) in [6.07, 6.45) is 6.77. The van der Waals surface area contributed by atoms with Crippen molar-refractivity contribution >= 4 is 5.69 Å². The summed E-state index contributed by atoms with van der Waals surface area (Å²) in [6, 6.07) is 7.10. The van der Waals surface area contributed by atoms with E-state index in [2.05, 4.69) is 64.6 Å². The number of nitrogens with zero attached hydrogens (tertiary/aromatic N) is 1. The van der Waals surface area contributed by atoms with Crippen molar-refractivity contribution in [2.75, 3.05) is 18.0 Å². The molecule has 0 aromatic heterocycles. The predicted octanol–water partition coefficient (Wildman–Crippen LogP) is 6.09. The van der Waals surface area contributed by atoms with E-state index >= 15 is 0 Å². The van der Waals surface area contributed by atoms with E-state index < -0.39 is 0 Å². The number of aryl methyl sites for hydroxylation is 1. The lowest BCUT2D eigenvalue weighted by Gasteiger charge is -2.30. The molecular formula is C21H35N. The minimum absolute atomic E-state index is 0.239. The van der Waals surface area contributed by atoms with Gasteiger partial charge in [0.2, 0.25) is 0 Å². The normalized spacial score (nSPS) is 18.0. The minimum atomic E-state index is 0.239. The Kier molecular flexibility index (Phi) is 5.25. The molecular weight excluding hydrogens is 266 g/mol. The Bertz CT molecular complexity index is 489. The van der Waals surface area contributed by atoms with Gasteiger partial charge in [0.1, 0.15) is 0 Å². The fourth-order valence-corrected chi connectivity index (χ4v) is 4.21. The van der Waals surface area contributed by atoms with Crippen LogP contribution in [0.15, 0.2) is 18.2 Å². The Hall–Kier alpha value is -0.980. The van der Waals surface area contributed by atoms with Gasteiger partial charge in [0.15, 0.2) is 0 Å². The second-order valence-corrected chi connectivity index (χ2v) is 8.42. The SMILES string of the molecule is CCCC1(CCC)CCN(c2ccc(C(C)(C)C)cc2C)C1. The number of rotatable bonds is 5. The average Bonchev–Trinajstić information content (AvgIpc) is 2.82. The van der Waals surface area contributed by atoms with Crippen LogP contribution in [-0.2, 0) is 5.41 Å². The summed E-state index contributed by atoms with van der Waals surface area (Å²) in [7, 11) is 0. The maximum absolute atomic E-state index is 2.65. The molecule has 1 aliphatic heterocycles. The Morgan fingerprint density at radius 2 is 1.73 bits per heavy atom. The lowest BCUT2D eigenvalue weighted by Crippen LogP contribution is -2.27. The van der Waals surface area contributed by atoms with Crippen LogP contribution in [0.25, 0.3) is 0 Å². The quantitative estimate of drug-likeness (QED) is 0.636. The second kappa shape index (κ2) is 6.64. The van der Waals surface area contributed by atoms with Crippen molar-refractivity contribution in [1.29, 1.82) is 0 Å². The zero-order valence-corrected chi connectivity index (χ0v) is 15.6.